The molecule has 0 unspecified atom stereocenters. The summed E-state index contributed by atoms with van der Waals surface area (Å²) >= 11 is 0. The Bertz CT molecular complexity index is 1220. The lowest BCUT2D eigenvalue weighted by Gasteiger charge is -2.35. The summed E-state index contributed by atoms with van der Waals surface area (Å²) < 4.78 is 42.0. The van der Waals surface area contributed by atoms with Crippen molar-refractivity contribution in [2.45, 2.75) is 31.3 Å². The quantitative estimate of drug-likeness (QED) is 0.681. The van der Waals surface area contributed by atoms with Gasteiger partial charge in [0.25, 0.3) is 5.56 Å². The van der Waals surface area contributed by atoms with Crippen molar-refractivity contribution in [3.05, 3.63) is 94.2 Å². The second-order valence-corrected chi connectivity index (χ2v) is 9.50. The van der Waals surface area contributed by atoms with E-state index in [0.717, 1.165) is 28.6 Å². The number of hydrogen-bond donors (Lipinski definition) is 1. The van der Waals surface area contributed by atoms with E-state index in [-0.39, 0.29) is 0 Å². The molecule has 4 rings (SSSR count). The molecule has 0 saturated heterocycles. The molecule has 0 fully saturated rings. The van der Waals surface area contributed by atoms with Gasteiger partial charge in [0.1, 0.15) is 0 Å². The first-order valence-corrected chi connectivity index (χ1v) is 11.7. The molecule has 2 heterocycles. The van der Waals surface area contributed by atoms with E-state index in [4.69, 9.17) is 0 Å². The maximum Gasteiger partial charge on any atom is 0.287 e. The molecule has 3 aromatic rings. The molecule has 0 aliphatic carbocycles. The maximum atomic E-state index is 14.1. The molecule has 1 aromatic heterocycles. The zero-order valence-corrected chi connectivity index (χ0v) is 17.4. The Balaban J connectivity index is 1.75. The second kappa shape index (κ2) is 8.16. The summed E-state index contributed by atoms with van der Waals surface area (Å²) in [6.07, 6.45) is 2.55. The van der Waals surface area contributed by atoms with Gasteiger partial charge in [0.15, 0.2) is 5.82 Å². The summed E-state index contributed by atoms with van der Waals surface area (Å²) in [6, 6.07) is 19.6. The zero-order valence-electron chi connectivity index (χ0n) is 16.6. The zero-order chi connectivity index (χ0) is 21.3. The van der Waals surface area contributed by atoms with Crippen LogP contribution in [0.5, 0.6) is 0 Å². The van der Waals surface area contributed by atoms with Crippen molar-refractivity contribution in [1.82, 2.24) is 9.29 Å². The molecule has 0 spiro atoms. The van der Waals surface area contributed by atoms with Crippen molar-refractivity contribution in [3.8, 4) is 11.1 Å². The smallest absolute Gasteiger partial charge is 0.287 e. The Morgan fingerprint density at radius 1 is 1.03 bits per heavy atom. The van der Waals surface area contributed by atoms with E-state index in [9.17, 15) is 17.6 Å². The molecule has 156 valence electrons. The van der Waals surface area contributed by atoms with Crippen LogP contribution in [0.1, 0.15) is 23.7 Å². The predicted octanol–water partition coefficient (Wildman–Crippen LogP) is 3.30. The van der Waals surface area contributed by atoms with Gasteiger partial charge in [0.05, 0.1) is 12.3 Å². The first-order chi connectivity index (χ1) is 14.3. The number of benzene rings is 2. The topological polar surface area (TPSA) is 68.2 Å². The Kier molecular flexibility index (Phi) is 5.58. The molecule has 5 nitrogen and oxygen atoms in total. The van der Waals surface area contributed by atoms with Crippen molar-refractivity contribution >= 4 is 10.0 Å². The van der Waals surface area contributed by atoms with Crippen molar-refractivity contribution in [2.24, 2.45) is 0 Å². The van der Waals surface area contributed by atoms with E-state index in [1.807, 2.05) is 54.6 Å². The van der Waals surface area contributed by atoms with Gasteiger partial charge in [0.2, 0.25) is 10.0 Å². The van der Waals surface area contributed by atoms with Gasteiger partial charge in [-0.1, -0.05) is 54.6 Å². The Morgan fingerprint density at radius 3 is 2.50 bits per heavy atom. The first kappa shape index (κ1) is 20.5. The lowest BCUT2D eigenvalue weighted by molar-refractivity contribution is 0.310. The molecule has 2 aromatic carbocycles. The summed E-state index contributed by atoms with van der Waals surface area (Å²) in [4.78, 5) is 12.6. The van der Waals surface area contributed by atoms with E-state index in [2.05, 4.69) is 4.72 Å². The van der Waals surface area contributed by atoms with Crippen LogP contribution in [0.15, 0.2) is 71.5 Å². The highest BCUT2D eigenvalue weighted by molar-refractivity contribution is 7.88. The number of nitrogens with zero attached hydrogens (tertiary/aromatic N) is 1. The van der Waals surface area contributed by atoms with Gasteiger partial charge in [-0.05, 0) is 48.1 Å². The van der Waals surface area contributed by atoms with Gasteiger partial charge in [-0.25, -0.2) is 17.5 Å². The van der Waals surface area contributed by atoms with Crippen LogP contribution in [0.3, 0.4) is 0 Å². The Morgan fingerprint density at radius 2 is 1.77 bits per heavy atom. The largest absolute Gasteiger partial charge is 0.305 e. The molecule has 1 aliphatic heterocycles. The van der Waals surface area contributed by atoms with Gasteiger partial charge in [-0.15, -0.1) is 0 Å². The first-order valence-electron chi connectivity index (χ1n) is 9.83. The van der Waals surface area contributed by atoms with Crippen LogP contribution in [0, 0.1) is 5.82 Å². The number of pyridine rings is 1. The lowest BCUT2D eigenvalue weighted by atomic mass is 9.90. The maximum absolute atomic E-state index is 14.1. The Labute approximate surface area is 175 Å². The van der Waals surface area contributed by atoms with Crippen LogP contribution < -0.4 is 10.3 Å². The number of nitrogens with one attached hydrogen (secondary N) is 1. The molecular formula is C23H23FN2O3S. The van der Waals surface area contributed by atoms with Crippen LogP contribution in [-0.2, 0) is 22.9 Å². The van der Waals surface area contributed by atoms with Crippen molar-refractivity contribution in [1.29, 1.82) is 0 Å². The fraction of sp³-hybridized carbons (Fsp3) is 0.261. The van der Waals surface area contributed by atoms with Crippen LogP contribution in [0.4, 0.5) is 4.39 Å². The third-order valence-corrected chi connectivity index (χ3v) is 6.24. The fourth-order valence-electron chi connectivity index (χ4n) is 4.21. The van der Waals surface area contributed by atoms with E-state index < -0.39 is 33.5 Å². The van der Waals surface area contributed by atoms with Crippen molar-refractivity contribution in [3.63, 3.8) is 0 Å². The molecular weight excluding hydrogens is 403 g/mol. The van der Waals surface area contributed by atoms with Gasteiger partial charge >= 0.3 is 0 Å². The summed E-state index contributed by atoms with van der Waals surface area (Å²) in [5, 5.41) is 0. The van der Waals surface area contributed by atoms with Gasteiger partial charge < -0.3 is 4.57 Å². The summed E-state index contributed by atoms with van der Waals surface area (Å²) in [7, 11) is -3.48. The van der Waals surface area contributed by atoms with E-state index >= 15 is 0 Å². The SMILES string of the molecule is CS(=O)(=O)N[C@H]1CCc2ccc(F)c(=O)n2[C@H]1Cc1cccc(-c2ccccc2)c1. The molecule has 30 heavy (non-hydrogen) atoms. The van der Waals surface area contributed by atoms with Crippen LogP contribution >= 0.6 is 0 Å². The van der Waals surface area contributed by atoms with Crippen LogP contribution in [0.2, 0.25) is 0 Å². The lowest BCUT2D eigenvalue weighted by Crippen LogP contribution is -2.48. The van der Waals surface area contributed by atoms with Crippen molar-refractivity contribution < 1.29 is 12.8 Å². The van der Waals surface area contributed by atoms with E-state index in [1.54, 1.807) is 6.07 Å². The minimum absolute atomic E-state index is 0.407. The van der Waals surface area contributed by atoms with E-state index in [1.165, 1.54) is 10.6 Å². The third kappa shape index (κ3) is 4.37. The summed E-state index contributed by atoms with van der Waals surface area (Å²) in [5.74, 6) is -0.832. The van der Waals surface area contributed by atoms with Gasteiger partial charge in [-0.2, -0.15) is 0 Å². The average molecular weight is 427 g/mol. The highest BCUT2D eigenvalue weighted by Gasteiger charge is 2.32. The second-order valence-electron chi connectivity index (χ2n) is 7.72. The molecule has 0 bridgehead atoms. The Hall–Kier alpha value is -2.77. The number of rotatable bonds is 5. The molecule has 0 radical (unpaired) electrons. The minimum atomic E-state index is -3.48. The van der Waals surface area contributed by atoms with Crippen LogP contribution in [0.25, 0.3) is 11.1 Å². The van der Waals surface area contributed by atoms with Gasteiger partial charge in [0, 0.05) is 11.7 Å². The minimum Gasteiger partial charge on any atom is -0.305 e. The molecule has 2 atom stereocenters. The number of fused-ring (bicyclic) bond motifs is 1. The third-order valence-electron chi connectivity index (χ3n) is 5.51. The van der Waals surface area contributed by atoms with Crippen molar-refractivity contribution in [2.75, 3.05) is 6.26 Å². The molecule has 0 amide bonds. The van der Waals surface area contributed by atoms with Crippen LogP contribution in [-0.4, -0.2) is 25.3 Å². The number of hydrogen-bond acceptors (Lipinski definition) is 3. The highest BCUT2D eigenvalue weighted by atomic mass is 32.2. The normalized spacial score (nSPS) is 18.7. The standard InChI is InChI=1S/C23H23FN2O3S/c1-30(28,29)25-21-13-11-19-10-12-20(24)23(27)26(19)22(21)15-16-6-5-9-18(14-16)17-7-3-2-4-8-17/h2-10,12,14,21-22,25H,11,13,15H2,1H3/t21-,22-/m0/s1. The van der Waals surface area contributed by atoms with E-state index in [0.29, 0.717) is 19.3 Å². The number of sulfonamides is 1. The summed E-state index contributed by atoms with van der Waals surface area (Å²) in [5.41, 5.74) is 3.06. The highest BCUT2D eigenvalue weighted by Crippen LogP contribution is 2.29. The number of aromatic nitrogens is 1. The average Bonchev–Trinajstić information content (AvgIpc) is 2.72. The molecule has 1 aliphatic rings. The fourth-order valence-corrected chi connectivity index (χ4v) is 5.03. The molecule has 0 saturated carbocycles. The number of halogens is 1. The predicted molar refractivity (Wildman–Crippen MR) is 115 cm³/mol. The number of aryl methyl sites for hydroxylation is 1. The monoisotopic (exact) mass is 426 g/mol. The van der Waals surface area contributed by atoms with Gasteiger partial charge in [-0.3, -0.25) is 4.79 Å². The molecule has 7 heteroatoms. The summed E-state index contributed by atoms with van der Waals surface area (Å²) in [6.45, 7) is 0. The molecule has 1 N–H and O–H groups in total.